The molecule has 0 aliphatic carbocycles. The summed E-state index contributed by atoms with van der Waals surface area (Å²) in [5, 5.41) is 7.79. The number of nitrogens with one attached hydrogen (secondary N) is 1. The molecule has 3 nitrogen and oxygen atoms in total. The molecule has 0 aliphatic rings. The van der Waals surface area contributed by atoms with Crippen molar-refractivity contribution in [2.24, 2.45) is 5.92 Å². The molecular formula is C13H25N3. The lowest BCUT2D eigenvalue weighted by Gasteiger charge is -2.06. The Balaban J connectivity index is 2.24. The van der Waals surface area contributed by atoms with Gasteiger partial charge in [-0.3, -0.25) is 4.68 Å². The van der Waals surface area contributed by atoms with Gasteiger partial charge in [-0.2, -0.15) is 5.10 Å². The van der Waals surface area contributed by atoms with Crippen molar-refractivity contribution in [3.63, 3.8) is 0 Å². The lowest BCUT2D eigenvalue weighted by molar-refractivity contribution is 0.482. The van der Waals surface area contributed by atoms with E-state index in [1.54, 1.807) is 0 Å². The second-order valence-electron chi connectivity index (χ2n) is 5.18. The maximum Gasteiger partial charge on any atom is 0.0521 e. The van der Waals surface area contributed by atoms with Crippen molar-refractivity contribution < 1.29 is 0 Å². The van der Waals surface area contributed by atoms with Crippen LogP contribution in [-0.2, 0) is 13.0 Å². The van der Waals surface area contributed by atoms with Gasteiger partial charge in [-0.1, -0.05) is 27.7 Å². The quantitative estimate of drug-likeness (QED) is 0.720. The third kappa shape index (κ3) is 5.31. The molecule has 1 heterocycles. The Labute approximate surface area is 99.2 Å². The minimum absolute atomic E-state index is 0.587. The number of aromatic nitrogens is 2. The summed E-state index contributed by atoms with van der Waals surface area (Å²) in [4.78, 5) is 0. The summed E-state index contributed by atoms with van der Waals surface area (Å²) in [7, 11) is 0. The lowest BCUT2D eigenvalue weighted by Crippen LogP contribution is -2.23. The summed E-state index contributed by atoms with van der Waals surface area (Å²) in [5.41, 5.74) is 1.35. The molecule has 0 saturated carbocycles. The average Bonchev–Trinajstić information content (AvgIpc) is 2.59. The minimum atomic E-state index is 0.587. The largest absolute Gasteiger partial charge is 0.315 e. The predicted octanol–water partition coefficient (Wildman–Crippen LogP) is 2.47. The summed E-state index contributed by atoms with van der Waals surface area (Å²) in [5.74, 6) is 0.662. The Morgan fingerprint density at radius 2 is 2.06 bits per heavy atom. The van der Waals surface area contributed by atoms with Gasteiger partial charge in [-0.05, 0) is 30.9 Å². The predicted molar refractivity (Wildman–Crippen MR) is 68.5 cm³/mol. The Bertz CT molecular complexity index is 289. The molecule has 0 unspecified atom stereocenters. The van der Waals surface area contributed by atoms with E-state index >= 15 is 0 Å². The lowest BCUT2D eigenvalue weighted by atomic mass is 10.2. The highest BCUT2D eigenvalue weighted by Crippen LogP contribution is 2.04. The van der Waals surface area contributed by atoms with Crippen LogP contribution in [0.1, 0.15) is 39.7 Å². The van der Waals surface area contributed by atoms with E-state index in [0.717, 1.165) is 19.5 Å². The zero-order valence-electron chi connectivity index (χ0n) is 11.0. The Morgan fingerprint density at radius 1 is 1.31 bits per heavy atom. The van der Waals surface area contributed by atoms with Gasteiger partial charge in [0.2, 0.25) is 0 Å². The summed E-state index contributed by atoms with van der Waals surface area (Å²) in [6.07, 6.45) is 6.48. The van der Waals surface area contributed by atoms with Crippen LogP contribution in [0.25, 0.3) is 0 Å². The van der Waals surface area contributed by atoms with E-state index < -0.39 is 0 Å². The topological polar surface area (TPSA) is 29.9 Å². The van der Waals surface area contributed by atoms with Crippen molar-refractivity contribution in [3.05, 3.63) is 18.0 Å². The van der Waals surface area contributed by atoms with Gasteiger partial charge >= 0.3 is 0 Å². The smallest absolute Gasteiger partial charge is 0.0521 e. The molecule has 0 saturated heterocycles. The summed E-state index contributed by atoms with van der Waals surface area (Å²) in [6, 6.07) is 0.587. The van der Waals surface area contributed by atoms with Crippen LogP contribution in [0.4, 0.5) is 0 Å². The van der Waals surface area contributed by atoms with Crippen molar-refractivity contribution in [3.8, 4) is 0 Å². The highest BCUT2D eigenvalue weighted by molar-refractivity contribution is 5.03. The molecule has 1 rings (SSSR count). The van der Waals surface area contributed by atoms with Crippen molar-refractivity contribution in [2.45, 2.75) is 53.1 Å². The Hall–Kier alpha value is -0.830. The molecule has 0 fully saturated rings. The first kappa shape index (κ1) is 13.2. The number of rotatable bonds is 7. The van der Waals surface area contributed by atoms with Gasteiger partial charge in [0.1, 0.15) is 0 Å². The van der Waals surface area contributed by atoms with Gasteiger partial charge in [0, 0.05) is 18.8 Å². The first-order chi connectivity index (χ1) is 7.58. The first-order valence-electron chi connectivity index (χ1n) is 6.32. The molecule has 0 spiro atoms. The molecule has 0 bridgehead atoms. The first-order valence-corrected chi connectivity index (χ1v) is 6.32. The van der Waals surface area contributed by atoms with Crippen LogP contribution < -0.4 is 5.32 Å². The van der Waals surface area contributed by atoms with Crippen LogP contribution in [0.2, 0.25) is 0 Å². The fraction of sp³-hybridized carbons (Fsp3) is 0.769. The highest BCUT2D eigenvalue weighted by Gasteiger charge is 2.01. The van der Waals surface area contributed by atoms with E-state index in [4.69, 9.17) is 0 Å². The van der Waals surface area contributed by atoms with E-state index in [1.807, 2.05) is 6.20 Å². The number of hydrogen-bond acceptors (Lipinski definition) is 2. The SMILES string of the molecule is CC(C)Cn1cc(CCCNC(C)C)cn1. The maximum absolute atomic E-state index is 4.37. The zero-order valence-corrected chi connectivity index (χ0v) is 11.0. The Morgan fingerprint density at radius 3 is 2.69 bits per heavy atom. The molecule has 3 heteroatoms. The summed E-state index contributed by atoms with van der Waals surface area (Å²) >= 11 is 0. The normalized spacial score (nSPS) is 11.6. The van der Waals surface area contributed by atoms with Gasteiger partial charge in [-0.25, -0.2) is 0 Å². The third-order valence-electron chi connectivity index (χ3n) is 2.43. The molecule has 1 N–H and O–H groups in total. The van der Waals surface area contributed by atoms with Crippen molar-refractivity contribution in [2.75, 3.05) is 6.54 Å². The van der Waals surface area contributed by atoms with Crippen LogP contribution in [0.5, 0.6) is 0 Å². The molecular weight excluding hydrogens is 198 g/mol. The minimum Gasteiger partial charge on any atom is -0.315 e. The maximum atomic E-state index is 4.37. The van der Waals surface area contributed by atoms with Crippen LogP contribution in [0, 0.1) is 5.92 Å². The fourth-order valence-corrected chi connectivity index (χ4v) is 1.69. The molecule has 16 heavy (non-hydrogen) atoms. The van der Waals surface area contributed by atoms with Gasteiger partial charge in [-0.15, -0.1) is 0 Å². The second-order valence-corrected chi connectivity index (χ2v) is 5.18. The molecule has 0 radical (unpaired) electrons. The molecule has 0 aromatic carbocycles. The molecule has 0 aliphatic heterocycles. The van der Waals surface area contributed by atoms with Gasteiger partial charge in [0.15, 0.2) is 0 Å². The number of aryl methyl sites for hydroxylation is 1. The fourth-order valence-electron chi connectivity index (χ4n) is 1.69. The highest BCUT2D eigenvalue weighted by atomic mass is 15.3. The summed E-state index contributed by atoms with van der Waals surface area (Å²) in [6.45, 7) is 10.9. The molecule has 0 atom stereocenters. The van der Waals surface area contributed by atoms with E-state index in [9.17, 15) is 0 Å². The number of nitrogens with zero attached hydrogens (tertiary/aromatic N) is 2. The van der Waals surface area contributed by atoms with E-state index in [-0.39, 0.29) is 0 Å². The van der Waals surface area contributed by atoms with E-state index in [0.29, 0.717) is 12.0 Å². The van der Waals surface area contributed by atoms with E-state index in [2.05, 4.69) is 49.0 Å². The van der Waals surface area contributed by atoms with Gasteiger partial charge in [0.25, 0.3) is 0 Å². The van der Waals surface area contributed by atoms with Crippen molar-refractivity contribution >= 4 is 0 Å². The third-order valence-corrected chi connectivity index (χ3v) is 2.43. The van der Waals surface area contributed by atoms with Gasteiger partial charge < -0.3 is 5.32 Å². The molecule has 1 aromatic heterocycles. The standard InChI is InChI=1S/C13H25N3/c1-11(2)9-16-10-13(8-15-16)6-5-7-14-12(3)4/h8,10-12,14H,5-7,9H2,1-4H3. The molecule has 0 amide bonds. The summed E-state index contributed by atoms with van der Waals surface area (Å²) < 4.78 is 2.05. The van der Waals surface area contributed by atoms with Crippen LogP contribution in [0.3, 0.4) is 0 Å². The Kier molecular flexibility index (Phi) is 5.53. The van der Waals surface area contributed by atoms with Crippen LogP contribution in [0.15, 0.2) is 12.4 Å². The van der Waals surface area contributed by atoms with Crippen LogP contribution >= 0.6 is 0 Å². The van der Waals surface area contributed by atoms with Gasteiger partial charge in [0.05, 0.1) is 6.20 Å². The molecule has 92 valence electrons. The second kappa shape index (κ2) is 6.69. The van der Waals surface area contributed by atoms with E-state index in [1.165, 1.54) is 12.0 Å². The van der Waals surface area contributed by atoms with Crippen molar-refractivity contribution in [1.82, 2.24) is 15.1 Å². The van der Waals surface area contributed by atoms with Crippen LogP contribution in [-0.4, -0.2) is 22.4 Å². The van der Waals surface area contributed by atoms with Crippen molar-refractivity contribution in [1.29, 1.82) is 0 Å². The molecule has 1 aromatic rings. The monoisotopic (exact) mass is 223 g/mol. The zero-order chi connectivity index (χ0) is 12.0. The average molecular weight is 223 g/mol. The number of hydrogen-bond donors (Lipinski definition) is 1.